The molecule has 1 heteroatoms. The summed E-state index contributed by atoms with van der Waals surface area (Å²) in [6.07, 6.45) is 5.94. The van der Waals surface area contributed by atoms with Crippen molar-refractivity contribution in [3.8, 4) is 0 Å². The molecule has 84 valence electrons. The van der Waals surface area contributed by atoms with E-state index in [1.165, 1.54) is 12.8 Å². The molecule has 0 spiro atoms. The molecule has 0 heterocycles. The molecule has 3 fully saturated rings. The Morgan fingerprint density at radius 2 is 2.20 bits per heavy atom. The van der Waals surface area contributed by atoms with E-state index >= 15 is 0 Å². The van der Waals surface area contributed by atoms with Crippen molar-refractivity contribution >= 4 is 0 Å². The molecule has 0 radical (unpaired) electrons. The van der Waals surface area contributed by atoms with Crippen LogP contribution in [0.1, 0.15) is 40.0 Å². The van der Waals surface area contributed by atoms with E-state index in [9.17, 15) is 5.11 Å². The van der Waals surface area contributed by atoms with Gasteiger partial charge in [0.25, 0.3) is 0 Å². The van der Waals surface area contributed by atoms with Gasteiger partial charge in [0.2, 0.25) is 0 Å². The van der Waals surface area contributed by atoms with Crippen LogP contribution in [0.15, 0.2) is 11.8 Å². The van der Waals surface area contributed by atoms with Crippen molar-refractivity contribution in [3.05, 3.63) is 11.8 Å². The largest absolute Gasteiger partial charge is 0.513 e. The third-order valence-electron chi connectivity index (χ3n) is 5.66. The highest BCUT2D eigenvalue weighted by atomic mass is 16.3. The first-order chi connectivity index (χ1) is 7.04. The van der Waals surface area contributed by atoms with Gasteiger partial charge in [0, 0.05) is 6.42 Å². The van der Waals surface area contributed by atoms with Crippen LogP contribution in [0.3, 0.4) is 0 Å². The highest BCUT2D eigenvalue weighted by Gasteiger charge is 2.64. The fourth-order valence-corrected chi connectivity index (χ4v) is 4.79. The van der Waals surface area contributed by atoms with Gasteiger partial charge >= 0.3 is 0 Å². The van der Waals surface area contributed by atoms with Gasteiger partial charge in [0.15, 0.2) is 0 Å². The minimum absolute atomic E-state index is 0.544. The zero-order chi connectivity index (χ0) is 10.8. The summed E-state index contributed by atoms with van der Waals surface area (Å²) in [6.45, 7) is 7.17. The van der Waals surface area contributed by atoms with Crippen LogP contribution in [0.4, 0.5) is 0 Å². The average molecular weight is 206 g/mol. The molecule has 4 bridgehead atoms. The molecule has 1 N–H and O–H groups in total. The molecule has 15 heavy (non-hydrogen) atoms. The van der Waals surface area contributed by atoms with E-state index in [0.29, 0.717) is 17.1 Å². The molecular formula is C14H22O. The second-order valence-electron chi connectivity index (χ2n) is 6.52. The van der Waals surface area contributed by atoms with Crippen molar-refractivity contribution in [1.82, 2.24) is 0 Å². The molecule has 0 amide bonds. The summed E-state index contributed by atoms with van der Waals surface area (Å²) in [7, 11) is 0. The standard InChI is InChI=1S/C14H22O/c1-8(2)10-4-5-14(3)11-6-9(15)7-12(14)13(10)11/h6,8,10-13,15H,4-5,7H2,1-3H3. The quantitative estimate of drug-likeness (QED) is 0.692. The Kier molecular flexibility index (Phi) is 1.82. The SMILES string of the molecule is CC(C)C1CCC2(C)C3C=C(O)CC2C13. The number of aliphatic hydroxyl groups is 1. The van der Waals surface area contributed by atoms with E-state index in [4.69, 9.17) is 0 Å². The lowest BCUT2D eigenvalue weighted by molar-refractivity contribution is -0.182. The number of allylic oxidation sites excluding steroid dienone is 2. The minimum atomic E-state index is 0.544. The summed E-state index contributed by atoms with van der Waals surface area (Å²) in [5, 5.41) is 9.67. The summed E-state index contributed by atoms with van der Waals surface area (Å²) >= 11 is 0. The topological polar surface area (TPSA) is 20.2 Å². The maximum atomic E-state index is 9.67. The summed E-state index contributed by atoms with van der Waals surface area (Å²) < 4.78 is 0. The van der Waals surface area contributed by atoms with E-state index in [-0.39, 0.29) is 0 Å². The first-order valence-corrected chi connectivity index (χ1v) is 6.43. The molecule has 0 aromatic carbocycles. The molecule has 4 aliphatic carbocycles. The van der Waals surface area contributed by atoms with E-state index < -0.39 is 0 Å². The summed E-state index contributed by atoms with van der Waals surface area (Å²) in [6, 6.07) is 0. The van der Waals surface area contributed by atoms with Gasteiger partial charge in [-0.3, -0.25) is 0 Å². The van der Waals surface area contributed by atoms with Crippen LogP contribution in [0.5, 0.6) is 0 Å². The Hall–Kier alpha value is -0.460. The molecule has 4 aliphatic rings. The number of hydrogen-bond donors (Lipinski definition) is 1. The van der Waals surface area contributed by atoms with Crippen molar-refractivity contribution in [2.45, 2.75) is 40.0 Å². The summed E-state index contributed by atoms with van der Waals surface area (Å²) in [4.78, 5) is 0. The molecule has 5 unspecified atom stereocenters. The van der Waals surface area contributed by atoms with E-state index in [2.05, 4.69) is 26.8 Å². The number of aliphatic hydroxyl groups excluding tert-OH is 1. The van der Waals surface area contributed by atoms with Crippen molar-refractivity contribution in [1.29, 1.82) is 0 Å². The number of rotatable bonds is 1. The predicted molar refractivity (Wildman–Crippen MR) is 61.5 cm³/mol. The van der Waals surface area contributed by atoms with Crippen molar-refractivity contribution < 1.29 is 5.11 Å². The zero-order valence-corrected chi connectivity index (χ0v) is 10.0. The Labute approximate surface area is 92.6 Å². The fourth-order valence-electron chi connectivity index (χ4n) is 4.79. The summed E-state index contributed by atoms with van der Waals surface area (Å²) in [5.74, 6) is 4.76. The van der Waals surface area contributed by atoms with Crippen LogP contribution in [0.25, 0.3) is 0 Å². The van der Waals surface area contributed by atoms with Gasteiger partial charge in [-0.1, -0.05) is 20.8 Å². The van der Waals surface area contributed by atoms with Gasteiger partial charge in [-0.05, 0) is 53.9 Å². The highest BCUT2D eigenvalue weighted by molar-refractivity contribution is 5.24. The third kappa shape index (κ3) is 1.04. The smallest absolute Gasteiger partial charge is 0.0889 e. The molecule has 5 atom stereocenters. The number of hydrogen-bond acceptors (Lipinski definition) is 1. The predicted octanol–water partition coefficient (Wildman–Crippen LogP) is 3.77. The monoisotopic (exact) mass is 206 g/mol. The Morgan fingerprint density at radius 3 is 2.73 bits per heavy atom. The first kappa shape index (κ1) is 9.74. The molecule has 0 saturated heterocycles. The molecule has 0 aliphatic heterocycles. The normalized spacial score (nSPS) is 52.4. The maximum Gasteiger partial charge on any atom is 0.0889 e. The summed E-state index contributed by atoms with van der Waals surface area (Å²) in [5.41, 5.74) is 0.544. The fraction of sp³-hybridized carbons (Fsp3) is 0.857. The highest BCUT2D eigenvalue weighted by Crippen LogP contribution is 2.70. The maximum absolute atomic E-state index is 9.67. The van der Waals surface area contributed by atoms with E-state index in [1.54, 1.807) is 0 Å². The van der Waals surface area contributed by atoms with E-state index in [0.717, 1.165) is 30.1 Å². The first-order valence-electron chi connectivity index (χ1n) is 6.43. The minimum Gasteiger partial charge on any atom is -0.513 e. The Balaban J connectivity index is 1.93. The van der Waals surface area contributed by atoms with Crippen LogP contribution in [0, 0.1) is 35.0 Å². The van der Waals surface area contributed by atoms with Crippen LogP contribution in [0.2, 0.25) is 0 Å². The molecule has 0 aromatic rings. The van der Waals surface area contributed by atoms with Gasteiger partial charge in [-0.25, -0.2) is 0 Å². The number of fused-ring (bicyclic) bond motifs is 2. The Bertz CT molecular complexity index is 317. The molecular weight excluding hydrogens is 184 g/mol. The van der Waals surface area contributed by atoms with Crippen molar-refractivity contribution in [3.63, 3.8) is 0 Å². The van der Waals surface area contributed by atoms with Gasteiger partial charge in [0.05, 0.1) is 5.76 Å². The lowest BCUT2D eigenvalue weighted by atomic mass is 9.36. The van der Waals surface area contributed by atoms with Gasteiger partial charge in [0.1, 0.15) is 0 Å². The lowest BCUT2D eigenvalue weighted by Crippen LogP contribution is -2.63. The van der Waals surface area contributed by atoms with Crippen LogP contribution < -0.4 is 0 Å². The average Bonchev–Trinajstić information content (AvgIpc) is 2.19. The zero-order valence-electron chi connectivity index (χ0n) is 10.0. The van der Waals surface area contributed by atoms with Crippen molar-refractivity contribution in [2.75, 3.05) is 0 Å². The second-order valence-corrected chi connectivity index (χ2v) is 6.52. The lowest BCUT2D eigenvalue weighted by Gasteiger charge is -2.68. The van der Waals surface area contributed by atoms with Gasteiger partial charge < -0.3 is 5.11 Å². The molecule has 4 rings (SSSR count). The Morgan fingerprint density at radius 1 is 1.47 bits per heavy atom. The molecule has 1 nitrogen and oxygen atoms in total. The van der Waals surface area contributed by atoms with Gasteiger partial charge in [-0.15, -0.1) is 0 Å². The van der Waals surface area contributed by atoms with E-state index in [1.807, 2.05) is 0 Å². The second kappa shape index (κ2) is 2.81. The molecule has 3 saturated carbocycles. The van der Waals surface area contributed by atoms with Crippen LogP contribution in [-0.4, -0.2) is 5.11 Å². The van der Waals surface area contributed by atoms with Crippen LogP contribution >= 0.6 is 0 Å². The van der Waals surface area contributed by atoms with Crippen LogP contribution in [-0.2, 0) is 0 Å². The molecule has 0 aromatic heterocycles. The third-order valence-corrected chi connectivity index (χ3v) is 5.66. The van der Waals surface area contributed by atoms with Crippen molar-refractivity contribution in [2.24, 2.45) is 35.0 Å². The van der Waals surface area contributed by atoms with Gasteiger partial charge in [-0.2, -0.15) is 0 Å².